The number of hydrogen-bond donors (Lipinski definition) is 0. The van der Waals surface area contributed by atoms with Crippen molar-refractivity contribution >= 4 is 11.7 Å². The van der Waals surface area contributed by atoms with Gasteiger partial charge in [-0.25, -0.2) is 4.79 Å². The van der Waals surface area contributed by atoms with Gasteiger partial charge in [0.1, 0.15) is 11.5 Å². The highest BCUT2D eigenvalue weighted by atomic mass is 16.6. The standard InChI is InChI=1S/C20H15NO5/c1-25-18-9-5-14(6-10-18)15-3-2-4-16(13-15)20(22)26-19-11-7-17(8-12-19)21(23)24/h2-13H,1H3. The molecule has 3 rings (SSSR count). The van der Waals surface area contributed by atoms with Gasteiger partial charge in [0, 0.05) is 12.1 Å². The van der Waals surface area contributed by atoms with Gasteiger partial charge in [0.25, 0.3) is 5.69 Å². The number of carbonyl (C=O) groups excluding carboxylic acids is 1. The minimum atomic E-state index is -0.533. The molecule has 130 valence electrons. The monoisotopic (exact) mass is 349 g/mol. The van der Waals surface area contributed by atoms with Crippen molar-refractivity contribution in [1.82, 2.24) is 0 Å². The van der Waals surface area contributed by atoms with Crippen molar-refractivity contribution in [3.8, 4) is 22.6 Å². The molecule has 0 amide bonds. The molecule has 0 atom stereocenters. The highest BCUT2D eigenvalue weighted by molar-refractivity contribution is 5.92. The lowest BCUT2D eigenvalue weighted by atomic mass is 10.0. The third kappa shape index (κ3) is 3.87. The van der Waals surface area contributed by atoms with E-state index in [4.69, 9.17) is 9.47 Å². The molecule has 0 N–H and O–H groups in total. The number of rotatable bonds is 5. The second-order valence-electron chi connectivity index (χ2n) is 5.45. The number of methoxy groups -OCH3 is 1. The first-order valence-corrected chi connectivity index (χ1v) is 7.78. The van der Waals surface area contributed by atoms with Crippen LogP contribution in [0.2, 0.25) is 0 Å². The normalized spacial score (nSPS) is 10.2. The van der Waals surface area contributed by atoms with E-state index in [1.807, 2.05) is 30.3 Å². The molecule has 0 unspecified atom stereocenters. The summed E-state index contributed by atoms with van der Waals surface area (Å²) < 4.78 is 10.4. The van der Waals surface area contributed by atoms with Crippen LogP contribution in [0, 0.1) is 10.1 Å². The molecule has 0 fully saturated rings. The number of ether oxygens (including phenoxy) is 2. The lowest BCUT2D eigenvalue weighted by Gasteiger charge is -2.07. The first-order valence-electron chi connectivity index (χ1n) is 7.78. The average molecular weight is 349 g/mol. The van der Waals surface area contributed by atoms with Crippen molar-refractivity contribution in [2.45, 2.75) is 0 Å². The number of carbonyl (C=O) groups is 1. The maximum atomic E-state index is 12.3. The highest BCUT2D eigenvalue weighted by Gasteiger charge is 2.11. The van der Waals surface area contributed by atoms with Gasteiger partial charge >= 0.3 is 5.97 Å². The maximum Gasteiger partial charge on any atom is 0.343 e. The van der Waals surface area contributed by atoms with Crippen molar-refractivity contribution in [2.75, 3.05) is 7.11 Å². The Hall–Kier alpha value is -3.67. The van der Waals surface area contributed by atoms with Gasteiger partial charge in [0.05, 0.1) is 17.6 Å². The molecule has 0 saturated heterocycles. The first kappa shape index (κ1) is 17.2. The van der Waals surface area contributed by atoms with Gasteiger partial charge in [0.15, 0.2) is 0 Å². The van der Waals surface area contributed by atoms with Crippen molar-refractivity contribution in [2.24, 2.45) is 0 Å². The minimum absolute atomic E-state index is 0.0636. The van der Waals surface area contributed by atoms with Crippen LogP contribution < -0.4 is 9.47 Å². The lowest BCUT2D eigenvalue weighted by molar-refractivity contribution is -0.384. The van der Waals surface area contributed by atoms with Gasteiger partial charge in [-0.3, -0.25) is 10.1 Å². The molecular weight excluding hydrogens is 334 g/mol. The van der Waals surface area contributed by atoms with E-state index in [-0.39, 0.29) is 11.4 Å². The highest BCUT2D eigenvalue weighted by Crippen LogP contribution is 2.24. The first-order chi connectivity index (χ1) is 12.6. The van der Waals surface area contributed by atoms with Crippen molar-refractivity contribution in [1.29, 1.82) is 0 Å². The lowest BCUT2D eigenvalue weighted by Crippen LogP contribution is -2.08. The summed E-state index contributed by atoms with van der Waals surface area (Å²) in [4.78, 5) is 22.5. The zero-order chi connectivity index (χ0) is 18.5. The van der Waals surface area contributed by atoms with Crippen LogP contribution in [0.1, 0.15) is 10.4 Å². The van der Waals surface area contributed by atoms with Crippen LogP contribution >= 0.6 is 0 Å². The van der Waals surface area contributed by atoms with E-state index in [9.17, 15) is 14.9 Å². The Labute approximate surface area is 149 Å². The summed E-state index contributed by atoms with van der Waals surface area (Å²) in [6.07, 6.45) is 0. The number of non-ortho nitro benzene ring substituents is 1. The van der Waals surface area contributed by atoms with Crippen LogP contribution in [0.15, 0.2) is 72.8 Å². The van der Waals surface area contributed by atoms with E-state index >= 15 is 0 Å². The summed E-state index contributed by atoms with van der Waals surface area (Å²) >= 11 is 0. The summed E-state index contributed by atoms with van der Waals surface area (Å²) in [6, 6.07) is 19.9. The van der Waals surface area contributed by atoms with E-state index in [2.05, 4.69) is 0 Å². The van der Waals surface area contributed by atoms with Crippen LogP contribution in [0.5, 0.6) is 11.5 Å². The SMILES string of the molecule is COc1ccc(-c2cccc(C(=O)Oc3ccc([N+](=O)[O-])cc3)c2)cc1. The van der Waals surface area contributed by atoms with Gasteiger partial charge in [-0.05, 0) is 47.5 Å². The van der Waals surface area contributed by atoms with Crippen molar-refractivity contribution < 1.29 is 19.2 Å². The third-order valence-corrected chi connectivity index (χ3v) is 3.78. The Morgan fingerprint density at radius 1 is 0.885 bits per heavy atom. The second kappa shape index (κ2) is 7.48. The van der Waals surface area contributed by atoms with Gasteiger partial charge in [-0.1, -0.05) is 24.3 Å². The Balaban J connectivity index is 1.78. The predicted octanol–water partition coefficient (Wildman–Crippen LogP) is 4.49. The van der Waals surface area contributed by atoms with Crippen LogP contribution in [0.4, 0.5) is 5.69 Å². The Bertz CT molecular complexity index is 933. The van der Waals surface area contributed by atoms with Crippen LogP contribution in [0.25, 0.3) is 11.1 Å². The largest absolute Gasteiger partial charge is 0.497 e. The quantitative estimate of drug-likeness (QED) is 0.293. The summed E-state index contributed by atoms with van der Waals surface area (Å²) in [5.41, 5.74) is 2.13. The minimum Gasteiger partial charge on any atom is -0.497 e. The molecule has 6 nitrogen and oxygen atoms in total. The van der Waals surface area contributed by atoms with Crippen LogP contribution in [-0.4, -0.2) is 18.0 Å². The fourth-order valence-electron chi connectivity index (χ4n) is 2.41. The summed E-state index contributed by atoms with van der Waals surface area (Å²) in [5.74, 6) is 0.465. The van der Waals surface area contributed by atoms with Gasteiger partial charge in [-0.15, -0.1) is 0 Å². The number of nitro benzene ring substituents is 1. The molecule has 3 aromatic rings. The molecule has 0 saturated carbocycles. The molecule has 0 radical (unpaired) electrons. The van der Waals surface area contributed by atoms with Gasteiger partial charge < -0.3 is 9.47 Å². The van der Waals surface area contributed by atoms with E-state index in [0.717, 1.165) is 16.9 Å². The Morgan fingerprint density at radius 3 is 2.15 bits per heavy atom. The van der Waals surface area contributed by atoms with Crippen LogP contribution in [0.3, 0.4) is 0 Å². The summed E-state index contributed by atoms with van der Waals surface area (Å²) in [6.45, 7) is 0. The maximum absolute atomic E-state index is 12.3. The molecule has 6 heteroatoms. The van der Waals surface area contributed by atoms with E-state index in [1.165, 1.54) is 24.3 Å². The fourth-order valence-corrected chi connectivity index (χ4v) is 2.41. The summed E-state index contributed by atoms with van der Waals surface area (Å²) in [5, 5.41) is 10.7. The third-order valence-electron chi connectivity index (χ3n) is 3.78. The number of esters is 1. The molecule has 0 aliphatic carbocycles. The smallest absolute Gasteiger partial charge is 0.343 e. The van der Waals surface area contributed by atoms with Gasteiger partial charge in [-0.2, -0.15) is 0 Å². The Morgan fingerprint density at radius 2 is 1.54 bits per heavy atom. The molecule has 3 aromatic carbocycles. The predicted molar refractivity (Wildman–Crippen MR) is 96.5 cm³/mol. The molecule has 0 aliphatic rings. The number of nitro groups is 1. The zero-order valence-electron chi connectivity index (χ0n) is 13.9. The topological polar surface area (TPSA) is 78.7 Å². The number of hydrogen-bond acceptors (Lipinski definition) is 5. The van der Waals surface area contributed by atoms with Crippen molar-refractivity contribution in [3.05, 3.63) is 88.5 Å². The van der Waals surface area contributed by atoms with E-state index in [0.29, 0.717) is 5.56 Å². The molecular formula is C20H15NO5. The van der Waals surface area contributed by atoms with Gasteiger partial charge in [0.2, 0.25) is 0 Å². The number of benzene rings is 3. The molecule has 0 heterocycles. The van der Waals surface area contributed by atoms with Crippen molar-refractivity contribution in [3.63, 3.8) is 0 Å². The molecule has 0 aromatic heterocycles. The molecule has 0 bridgehead atoms. The molecule has 0 aliphatic heterocycles. The Kier molecular flexibility index (Phi) is 4.94. The fraction of sp³-hybridized carbons (Fsp3) is 0.0500. The van der Waals surface area contributed by atoms with E-state index < -0.39 is 10.9 Å². The summed E-state index contributed by atoms with van der Waals surface area (Å²) in [7, 11) is 1.60. The second-order valence-corrected chi connectivity index (χ2v) is 5.45. The van der Waals surface area contributed by atoms with Crippen LogP contribution in [-0.2, 0) is 0 Å². The number of nitrogens with zero attached hydrogens (tertiary/aromatic N) is 1. The molecule has 0 spiro atoms. The average Bonchev–Trinajstić information content (AvgIpc) is 2.68. The zero-order valence-corrected chi connectivity index (χ0v) is 13.9. The van der Waals surface area contributed by atoms with E-state index in [1.54, 1.807) is 25.3 Å². The molecule has 26 heavy (non-hydrogen) atoms.